The molecule has 0 fully saturated rings. The van der Waals surface area contributed by atoms with Gasteiger partial charge in [-0.2, -0.15) is 13.2 Å². The molecule has 8 heteroatoms. The number of alkyl halides is 3. The van der Waals surface area contributed by atoms with Gasteiger partial charge in [-0.15, -0.1) is 0 Å². The summed E-state index contributed by atoms with van der Waals surface area (Å²) in [6.45, 7) is 0.907. The summed E-state index contributed by atoms with van der Waals surface area (Å²) in [6, 6.07) is 0. The molecule has 0 saturated carbocycles. The number of hydrogen-bond donors (Lipinski definition) is 2. The highest BCUT2D eigenvalue weighted by Crippen LogP contribution is 2.32. The molecular formula is C8H9F3N4O. The average Bonchev–Trinajstić information content (AvgIpc) is 2.58. The van der Waals surface area contributed by atoms with Crippen LogP contribution in [0.15, 0.2) is 0 Å². The van der Waals surface area contributed by atoms with Crippen LogP contribution in [0.2, 0.25) is 0 Å². The van der Waals surface area contributed by atoms with Crippen LogP contribution in [0.1, 0.15) is 11.5 Å². The summed E-state index contributed by atoms with van der Waals surface area (Å²) < 4.78 is 38.9. The number of fused-ring (bicyclic) bond motifs is 1. The summed E-state index contributed by atoms with van der Waals surface area (Å²) in [5.41, 5.74) is 0.352. The van der Waals surface area contributed by atoms with Crippen molar-refractivity contribution in [1.29, 1.82) is 0 Å². The molecule has 0 radical (unpaired) electrons. The van der Waals surface area contributed by atoms with Crippen molar-refractivity contribution in [3.05, 3.63) is 11.5 Å². The lowest BCUT2D eigenvalue weighted by Gasteiger charge is -2.18. The number of halogens is 3. The molecule has 16 heavy (non-hydrogen) atoms. The molecule has 1 aliphatic heterocycles. The monoisotopic (exact) mass is 234 g/mol. The van der Waals surface area contributed by atoms with Crippen LogP contribution in [-0.2, 0) is 24.1 Å². The second kappa shape index (κ2) is 3.78. The molecule has 0 spiro atoms. The van der Waals surface area contributed by atoms with E-state index in [1.807, 2.05) is 0 Å². The van der Waals surface area contributed by atoms with Crippen molar-refractivity contribution in [1.82, 2.24) is 14.9 Å². The summed E-state index contributed by atoms with van der Waals surface area (Å²) in [5, 5.41) is 5.10. The fourth-order valence-electron chi connectivity index (χ4n) is 1.69. The fraction of sp³-hybridized carbons (Fsp3) is 0.500. The third kappa shape index (κ3) is 1.75. The number of imidazole rings is 1. The molecule has 2 rings (SSSR count). The van der Waals surface area contributed by atoms with E-state index in [2.05, 4.69) is 15.6 Å². The van der Waals surface area contributed by atoms with Gasteiger partial charge in [0, 0.05) is 19.6 Å². The minimum atomic E-state index is -4.51. The number of nitrogens with one attached hydrogen (secondary N) is 2. The van der Waals surface area contributed by atoms with E-state index < -0.39 is 12.0 Å². The number of aromatic nitrogens is 2. The molecule has 88 valence electrons. The zero-order valence-corrected chi connectivity index (χ0v) is 8.14. The number of anilines is 1. The molecule has 1 amide bonds. The Morgan fingerprint density at radius 1 is 1.50 bits per heavy atom. The van der Waals surface area contributed by atoms with Gasteiger partial charge in [0.2, 0.25) is 12.2 Å². The Morgan fingerprint density at radius 3 is 2.88 bits per heavy atom. The van der Waals surface area contributed by atoms with Gasteiger partial charge in [-0.25, -0.2) is 4.98 Å². The highest BCUT2D eigenvalue weighted by atomic mass is 19.4. The number of amides is 1. The Kier molecular flexibility index (Phi) is 2.58. The molecule has 0 unspecified atom stereocenters. The third-order valence-corrected chi connectivity index (χ3v) is 2.33. The largest absolute Gasteiger partial charge is 0.449 e. The van der Waals surface area contributed by atoms with E-state index in [1.165, 1.54) is 0 Å². The summed E-state index contributed by atoms with van der Waals surface area (Å²) in [5.74, 6) is -0.997. The van der Waals surface area contributed by atoms with Gasteiger partial charge in [-0.05, 0) is 0 Å². The standard InChI is InChI=1S/C8H9F3N4O/c9-8(10,11)7-14-6(13-4-16)5-3-12-1-2-15(5)7/h4,12H,1-3H2,(H,13,16). The Labute approximate surface area is 88.6 Å². The summed E-state index contributed by atoms with van der Waals surface area (Å²) in [7, 11) is 0. The lowest BCUT2D eigenvalue weighted by atomic mass is 10.3. The van der Waals surface area contributed by atoms with Crippen LogP contribution < -0.4 is 10.6 Å². The van der Waals surface area contributed by atoms with Crippen molar-refractivity contribution >= 4 is 12.2 Å². The molecule has 1 aromatic rings. The van der Waals surface area contributed by atoms with E-state index in [-0.39, 0.29) is 18.9 Å². The topological polar surface area (TPSA) is 59.0 Å². The zero-order valence-electron chi connectivity index (χ0n) is 8.14. The first-order chi connectivity index (χ1) is 7.54. The van der Waals surface area contributed by atoms with Crippen molar-refractivity contribution in [3.8, 4) is 0 Å². The molecule has 1 aliphatic rings. The number of carbonyl (C=O) groups is 1. The van der Waals surface area contributed by atoms with E-state index >= 15 is 0 Å². The molecular weight excluding hydrogens is 225 g/mol. The molecule has 0 aromatic carbocycles. The van der Waals surface area contributed by atoms with Crippen LogP contribution in [0.3, 0.4) is 0 Å². The predicted octanol–water partition coefficient (Wildman–Crippen LogP) is 0.573. The molecule has 0 atom stereocenters. The van der Waals surface area contributed by atoms with Crippen molar-refractivity contribution in [2.45, 2.75) is 19.3 Å². The van der Waals surface area contributed by atoms with Gasteiger partial charge >= 0.3 is 6.18 Å². The number of nitrogens with zero attached hydrogens (tertiary/aromatic N) is 2. The summed E-state index contributed by atoms with van der Waals surface area (Å²) in [6.07, 6.45) is -4.19. The lowest BCUT2D eigenvalue weighted by Crippen LogP contribution is -2.30. The van der Waals surface area contributed by atoms with Crippen LogP contribution in [0.4, 0.5) is 19.0 Å². The van der Waals surface area contributed by atoms with E-state index in [9.17, 15) is 18.0 Å². The van der Waals surface area contributed by atoms with Gasteiger partial charge in [-0.1, -0.05) is 0 Å². The number of hydrogen-bond acceptors (Lipinski definition) is 3. The first-order valence-corrected chi connectivity index (χ1v) is 4.61. The predicted molar refractivity (Wildman–Crippen MR) is 48.6 cm³/mol. The van der Waals surface area contributed by atoms with Gasteiger partial charge in [0.15, 0.2) is 5.82 Å². The quantitative estimate of drug-likeness (QED) is 0.735. The minimum absolute atomic E-state index is 0.0328. The van der Waals surface area contributed by atoms with Crippen molar-refractivity contribution in [2.24, 2.45) is 0 Å². The smallest absolute Gasteiger partial charge is 0.320 e. The summed E-state index contributed by atoms with van der Waals surface area (Å²) in [4.78, 5) is 13.7. The van der Waals surface area contributed by atoms with Crippen LogP contribution in [-0.4, -0.2) is 22.5 Å². The first kappa shape index (κ1) is 10.9. The van der Waals surface area contributed by atoms with Crippen molar-refractivity contribution < 1.29 is 18.0 Å². The van der Waals surface area contributed by atoms with Crippen molar-refractivity contribution in [2.75, 3.05) is 11.9 Å². The summed E-state index contributed by atoms with van der Waals surface area (Å²) >= 11 is 0. The van der Waals surface area contributed by atoms with Crippen LogP contribution in [0.25, 0.3) is 0 Å². The molecule has 0 saturated heterocycles. The van der Waals surface area contributed by atoms with Gasteiger partial charge < -0.3 is 15.2 Å². The Hall–Kier alpha value is -1.57. The number of rotatable bonds is 2. The van der Waals surface area contributed by atoms with E-state index in [0.717, 1.165) is 4.57 Å². The van der Waals surface area contributed by atoms with Gasteiger partial charge in [0.05, 0.1) is 5.69 Å². The molecule has 2 N–H and O–H groups in total. The van der Waals surface area contributed by atoms with Crippen LogP contribution >= 0.6 is 0 Å². The second-order valence-electron chi connectivity index (χ2n) is 3.32. The molecule has 0 aliphatic carbocycles. The SMILES string of the molecule is O=CNc1nc(C(F)(F)F)n2c1CNCC2. The van der Waals surface area contributed by atoms with Crippen LogP contribution in [0.5, 0.6) is 0 Å². The maximum absolute atomic E-state index is 12.6. The maximum Gasteiger partial charge on any atom is 0.449 e. The van der Waals surface area contributed by atoms with Gasteiger partial charge in [0.1, 0.15) is 0 Å². The van der Waals surface area contributed by atoms with E-state index in [1.54, 1.807) is 0 Å². The molecule has 2 heterocycles. The fourth-order valence-corrected chi connectivity index (χ4v) is 1.69. The van der Waals surface area contributed by atoms with Crippen molar-refractivity contribution in [3.63, 3.8) is 0 Å². The number of carbonyl (C=O) groups excluding carboxylic acids is 1. The van der Waals surface area contributed by atoms with Crippen LogP contribution in [0, 0.1) is 0 Å². The Bertz CT molecular complexity index is 412. The zero-order chi connectivity index (χ0) is 11.8. The average molecular weight is 234 g/mol. The molecule has 5 nitrogen and oxygen atoms in total. The highest BCUT2D eigenvalue weighted by Gasteiger charge is 2.39. The normalized spacial score (nSPS) is 15.7. The highest BCUT2D eigenvalue weighted by molar-refractivity contribution is 5.70. The second-order valence-corrected chi connectivity index (χ2v) is 3.32. The maximum atomic E-state index is 12.6. The first-order valence-electron chi connectivity index (χ1n) is 4.61. The molecule has 0 bridgehead atoms. The lowest BCUT2D eigenvalue weighted by molar-refractivity contribution is -0.147. The van der Waals surface area contributed by atoms with E-state index in [0.29, 0.717) is 18.6 Å². The third-order valence-electron chi connectivity index (χ3n) is 2.33. The molecule has 1 aromatic heterocycles. The van der Waals surface area contributed by atoms with Gasteiger partial charge in [0.25, 0.3) is 0 Å². The minimum Gasteiger partial charge on any atom is -0.320 e. The Morgan fingerprint density at radius 2 is 2.25 bits per heavy atom. The van der Waals surface area contributed by atoms with Gasteiger partial charge in [-0.3, -0.25) is 4.79 Å². The van der Waals surface area contributed by atoms with E-state index in [4.69, 9.17) is 0 Å². The Balaban J connectivity index is 2.50.